The smallest absolute Gasteiger partial charge is 0.295 e. The topological polar surface area (TPSA) is 102 Å². The maximum atomic E-state index is 12.8. The third-order valence-corrected chi connectivity index (χ3v) is 7.78. The van der Waals surface area contributed by atoms with Gasteiger partial charge in [-0.1, -0.05) is 19.6 Å². The minimum Gasteiger partial charge on any atom is -0.396 e. The van der Waals surface area contributed by atoms with Crippen molar-refractivity contribution in [1.82, 2.24) is 9.55 Å². The number of nitrogens with zero attached hydrogens (tertiary/aromatic N) is 3. The number of rotatable bonds is 9. The monoisotopic (exact) mass is 417 g/mol. The first kappa shape index (κ1) is 22.1. The van der Waals surface area contributed by atoms with Crippen LogP contribution < -0.4 is 10.5 Å². The van der Waals surface area contributed by atoms with Crippen LogP contribution in [0.5, 0.6) is 0 Å². The van der Waals surface area contributed by atoms with E-state index in [1.807, 2.05) is 0 Å². The predicted octanol–water partition coefficient (Wildman–Crippen LogP) is 0.715. The summed E-state index contributed by atoms with van der Waals surface area (Å²) in [5.74, 6) is 0.331. The summed E-state index contributed by atoms with van der Waals surface area (Å²) < 4.78 is 30.6. The van der Waals surface area contributed by atoms with Gasteiger partial charge in [0.2, 0.25) is 0 Å². The Hall–Kier alpha value is -1.23. The van der Waals surface area contributed by atoms with Crippen LogP contribution in [0.15, 0.2) is 11.0 Å². The maximum absolute atomic E-state index is 12.8. The highest BCUT2D eigenvalue weighted by molar-refractivity contribution is 7.91. The van der Waals surface area contributed by atoms with Crippen LogP contribution in [0.4, 0.5) is 5.82 Å². The van der Waals surface area contributed by atoms with Crippen LogP contribution in [0.3, 0.4) is 0 Å². The average molecular weight is 418 g/mol. The third-order valence-electron chi connectivity index (χ3n) is 4.47. The van der Waals surface area contributed by atoms with Gasteiger partial charge in [-0.25, -0.2) is 13.4 Å². The van der Waals surface area contributed by atoms with Gasteiger partial charge in [0, 0.05) is 40.6 Å². The highest BCUT2D eigenvalue weighted by Crippen LogP contribution is 2.13. The van der Waals surface area contributed by atoms with Crippen LogP contribution in [0, 0.1) is 0 Å². The van der Waals surface area contributed by atoms with Crippen LogP contribution >= 0.6 is 0 Å². The first-order chi connectivity index (χ1) is 12.6. The second kappa shape index (κ2) is 9.31. The number of aryl methyl sites for hydroxylation is 1. The number of hydrogen-bond donors (Lipinski definition) is 1. The van der Waals surface area contributed by atoms with Gasteiger partial charge in [0.25, 0.3) is 5.56 Å². The molecule has 2 rings (SSSR count). The van der Waals surface area contributed by atoms with Crippen LogP contribution in [0.1, 0.15) is 12.1 Å². The van der Waals surface area contributed by atoms with Crippen molar-refractivity contribution in [3.63, 3.8) is 0 Å². The molecule has 0 amide bonds. The SMILES string of the molecule is C[Si](C)(C)CCOCn1cc(CCCO)nc(N2CCS(=O)(=O)CC2)c1=O. The summed E-state index contributed by atoms with van der Waals surface area (Å²) in [5.41, 5.74) is 0.427. The minimum atomic E-state index is -3.03. The number of aliphatic hydroxyl groups is 1. The Morgan fingerprint density at radius 1 is 1.26 bits per heavy atom. The fourth-order valence-corrected chi connectivity index (χ4v) is 4.69. The molecule has 1 aliphatic rings. The lowest BCUT2D eigenvalue weighted by Crippen LogP contribution is -2.44. The van der Waals surface area contributed by atoms with Gasteiger partial charge < -0.3 is 14.7 Å². The fourth-order valence-electron chi connectivity index (χ4n) is 2.73. The normalized spacial score (nSPS) is 17.3. The Kier molecular flexibility index (Phi) is 7.61. The largest absolute Gasteiger partial charge is 0.396 e. The third kappa shape index (κ3) is 7.02. The number of aliphatic hydroxyl groups excluding tert-OH is 1. The van der Waals surface area contributed by atoms with E-state index in [9.17, 15) is 13.2 Å². The van der Waals surface area contributed by atoms with Gasteiger partial charge in [0.1, 0.15) is 6.73 Å². The van der Waals surface area contributed by atoms with E-state index in [1.165, 1.54) is 4.57 Å². The Bertz CT molecular complexity index is 775. The van der Waals surface area contributed by atoms with E-state index < -0.39 is 17.9 Å². The van der Waals surface area contributed by atoms with E-state index in [2.05, 4.69) is 24.6 Å². The number of aromatic nitrogens is 2. The molecule has 0 spiro atoms. The lowest BCUT2D eigenvalue weighted by molar-refractivity contribution is 0.0844. The highest BCUT2D eigenvalue weighted by atomic mass is 32.2. The fraction of sp³-hybridized carbons (Fsp3) is 0.765. The van der Waals surface area contributed by atoms with Gasteiger partial charge in [-0.15, -0.1) is 0 Å². The van der Waals surface area contributed by atoms with E-state index in [0.717, 1.165) is 6.04 Å². The molecule has 1 aromatic rings. The summed E-state index contributed by atoms with van der Waals surface area (Å²) in [7, 11) is -4.24. The molecular formula is C17H31N3O5SSi. The van der Waals surface area contributed by atoms with Crippen molar-refractivity contribution in [2.75, 3.05) is 42.7 Å². The summed E-state index contributed by atoms with van der Waals surface area (Å²) in [5, 5.41) is 9.08. The van der Waals surface area contributed by atoms with Crippen LogP contribution in [-0.4, -0.2) is 69.0 Å². The number of sulfone groups is 1. The van der Waals surface area contributed by atoms with Gasteiger partial charge in [-0.05, 0) is 18.9 Å². The first-order valence-corrected chi connectivity index (χ1v) is 14.9. The molecule has 0 aromatic carbocycles. The zero-order chi connectivity index (χ0) is 20.1. The first-order valence-electron chi connectivity index (χ1n) is 9.36. The summed E-state index contributed by atoms with van der Waals surface area (Å²) >= 11 is 0. The van der Waals surface area contributed by atoms with Gasteiger partial charge in [-0.3, -0.25) is 9.36 Å². The molecule has 1 aromatic heterocycles. The van der Waals surface area contributed by atoms with E-state index >= 15 is 0 Å². The van der Waals surface area contributed by atoms with Gasteiger partial charge >= 0.3 is 0 Å². The van der Waals surface area contributed by atoms with E-state index in [1.54, 1.807) is 11.1 Å². The summed E-state index contributed by atoms with van der Waals surface area (Å²) in [6.07, 6.45) is 2.77. The maximum Gasteiger partial charge on any atom is 0.295 e. The van der Waals surface area contributed by atoms with Crippen LogP contribution in [0.2, 0.25) is 25.7 Å². The molecule has 8 nitrogen and oxygen atoms in total. The Morgan fingerprint density at radius 3 is 2.52 bits per heavy atom. The van der Waals surface area contributed by atoms with Crippen molar-refractivity contribution in [1.29, 1.82) is 0 Å². The molecule has 0 unspecified atom stereocenters. The summed E-state index contributed by atoms with van der Waals surface area (Å²) in [6.45, 7) is 8.14. The van der Waals surface area contributed by atoms with Gasteiger partial charge in [-0.2, -0.15) is 0 Å². The number of hydrogen-bond acceptors (Lipinski definition) is 7. The Labute approximate surface area is 162 Å². The van der Waals surface area contributed by atoms with E-state index in [-0.39, 0.29) is 49.3 Å². The molecule has 1 fully saturated rings. The number of ether oxygens (including phenoxy) is 1. The molecule has 1 aliphatic heterocycles. The molecular weight excluding hydrogens is 386 g/mol. The molecule has 10 heteroatoms. The van der Waals surface area contributed by atoms with Crippen LogP contribution in [0.25, 0.3) is 0 Å². The Morgan fingerprint density at radius 2 is 1.93 bits per heavy atom. The van der Waals surface area contributed by atoms with E-state index in [0.29, 0.717) is 25.1 Å². The highest BCUT2D eigenvalue weighted by Gasteiger charge is 2.25. The van der Waals surface area contributed by atoms with Crippen molar-refractivity contribution in [2.24, 2.45) is 0 Å². The molecule has 1 N–H and O–H groups in total. The molecule has 0 bridgehead atoms. The summed E-state index contributed by atoms with van der Waals surface area (Å²) in [6, 6.07) is 1.01. The molecule has 0 saturated carbocycles. The van der Waals surface area contributed by atoms with Crippen molar-refractivity contribution in [2.45, 2.75) is 45.3 Å². The standard InChI is InChI=1S/C17H31N3O5SSi/c1-27(2,3)12-9-25-14-20-13-15(5-4-8-21)18-16(17(20)22)19-6-10-26(23,24)11-7-19/h13,21H,4-12,14H2,1-3H3. The molecule has 1 saturated heterocycles. The second-order valence-corrected chi connectivity index (χ2v) is 16.1. The van der Waals surface area contributed by atoms with Crippen molar-refractivity contribution in [3.05, 3.63) is 22.2 Å². The van der Waals surface area contributed by atoms with Crippen LogP contribution in [-0.2, 0) is 27.7 Å². The van der Waals surface area contributed by atoms with E-state index in [4.69, 9.17) is 9.84 Å². The summed E-state index contributed by atoms with van der Waals surface area (Å²) in [4.78, 5) is 19.0. The molecule has 154 valence electrons. The molecule has 0 radical (unpaired) electrons. The van der Waals surface area contributed by atoms with Gasteiger partial charge in [0.15, 0.2) is 15.7 Å². The van der Waals surface area contributed by atoms with Crippen molar-refractivity contribution >= 4 is 23.7 Å². The zero-order valence-electron chi connectivity index (χ0n) is 16.5. The molecule has 0 atom stereocenters. The van der Waals surface area contributed by atoms with Crippen molar-refractivity contribution in [3.8, 4) is 0 Å². The second-order valence-electron chi connectivity index (χ2n) is 8.14. The minimum absolute atomic E-state index is 0.0295. The lowest BCUT2D eigenvalue weighted by atomic mass is 10.2. The average Bonchev–Trinajstić information content (AvgIpc) is 2.58. The molecule has 2 heterocycles. The number of anilines is 1. The molecule has 0 aliphatic carbocycles. The van der Waals surface area contributed by atoms with Crippen molar-refractivity contribution < 1.29 is 18.3 Å². The Balaban J connectivity index is 2.18. The van der Waals surface area contributed by atoms with Gasteiger partial charge in [0.05, 0.1) is 17.2 Å². The lowest BCUT2D eigenvalue weighted by Gasteiger charge is -2.28. The quantitative estimate of drug-likeness (QED) is 0.466. The molecule has 27 heavy (non-hydrogen) atoms. The zero-order valence-corrected chi connectivity index (χ0v) is 18.3. The predicted molar refractivity (Wildman–Crippen MR) is 109 cm³/mol.